The molecule has 0 rings (SSSR count). The maximum absolute atomic E-state index is 2.53. The molecule has 0 aliphatic carbocycles. The van der Waals surface area contributed by atoms with Gasteiger partial charge < -0.3 is 0 Å². The molecule has 0 aliphatic heterocycles. The van der Waals surface area contributed by atoms with E-state index in [9.17, 15) is 0 Å². The smallest absolute Gasteiger partial charge is 0.0210 e. The van der Waals surface area contributed by atoms with Crippen LogP contribution in [0.15, 0.2) is 0 Å². The maximum Gasteiger partial charge on any atom is -0.0210 e. The van der Waals surface area contributed by atoms with Crippen molar-refractivity contribution in [3.8, 4) is 0 Å². The number of rotatable bonds is 9. The number of hydrogen-bond acceptors (Lipinski definition) is 0. The first-order valence-electron chi connectivity index (χ1n) is 7.44. The fourth-order valence-electron chi connectivity index (χ4n) is 3.63. The quantitative estimate of drug-likeness (QED) is 0.450. The van der Waals surface area contributed by atoms with Crippen molar-refractivity contribution in [1.29, 1.82) is 0 Å². The van der Waals surface area contributed by atoms with E-state index in [2.05, 4.69) is 41.5 Å². The van der Waals surface area contributed by atoms with Gasteiger partial charge in [-0.1, -0.05) is 60.8 Å². The third-order valence-corrected chi connectivity index (χ3v) is 4.29. The van der Waals surface area contributed by atoms with Crippen LogP contribution in [0.25, 0.3) is 0 Å². The fraction of sp³-hybridized carbons (Fsp3) is 0.938. The van der Waals surface area contributed by atoms with Crippen LogP contribution in [-0.4, -0.2) is 0 Å². The Hall–Kier alpha value is 0. The molecule has 0 heteroatoms. The summed E-state index contributed by atoms with van der Waals surface area (Å²) in [6.07, 6.45) is 9.32. The maximum atomic E-state index is 2.53. The summed E-state index contributed by atoms with van der Waals surface area (Å²) in [5.41, 5.74) is 0.555. The van der Waals surface area contributed by atoms with Gasteiger partial charge in [0.25, 0.3) is 0 Å². The van der Waals surface area contributed by atoms with Crippen molar-refractivity contribution in [3.63, 3.8) is 0 Å². The predicted molar refractivity (Wildman–Crippen MR) is 75.5 cm³/mol. The molecular weight excluding hydrogens is 192 g/mol. The largest absolute Gasteiger partial charge is 0.0654 e. The van der Waals surface area contributed by atoms with Gasteiger partial charge >= 0.3 is 0 Å². The summed E-state index contributed by atoms with van der Waals surface area (Å²) in [5, 5.41) is 0. The van der Waals surface area contributed by atoms with Gasteiger partial charge in [0.15, 0.2) is 0 Å². The second-order valence-electron chi connectivity index (χ2n) is 5.48. The SMILES string of the molecule is CCCC(C)(CCC)C(CC)[C](CC)CC. The Kier molecular flexibility index (Phi) is 8.14. The summed E-state index contributed by atoms with van der Waals surface area (Å²) < 4.78 is 0. The van der Waals surface area contributed by atoms with Gasteiger partial charge in [0.1, 0.15) is 0 Å². The van der Waals surface area contributed by atoms with E-state index in [1.54, 1.807) is 5.92 Å². The van der Waals surface area contributed by atoms with Gasteiger partial charge in [-0.25, -0.2) is 0 Å². The van der Waals surface area contributed by atoms with Crippen LogP contribution < -0.4 is 0 Å². The van der Waals surface area contributed by atoms with Gasteiger partial charge in [-0.3, -0.25) is 0 Å². The molecule has 0 nitrogen and oxygen atoms in total. The van der Waals surface area contributed by atoms with E-state index >= 15 is 0 Å². The molecule has 0 spiro atoms. The number of hydrogen-bond donors (Lipinski definition) is 0. The molecule has 0 aromatic carbocycles. The first-order chi connectivity index (χ1) is 7.59. The average Bonchev–Trinajstić information content (AvgIpc) is 2.26. The van der Waals surface area contributed by atoms with Gasteiger partial charge in [-0.2, -0.15) is 0 Å². The normalized spacial score (nSPS) is 14.4. The van der Waals surface area contributed by atoms with E-state index in [1.165, 1.54) is 44.9 Å². The third-order valence-electron chi connectivity index (χ3n) is 4.29. The van der Waals surface area contributed by atoms with Crippen molar-refractivity contribution >= 4 is 0 Å². The van der Waals surface area contributed by atoms with Crippen LogP contribution >= 0.6 is 0 Å². The molecule has 0 aromatic heterocycles. The second kappa shape index (κ2) is 8.14. The lowest BCUT2D eigenvalue weighted by Crippen LogP contribution is -2.31. The molecule has 1 atom stereocenters. The van der Waals surface area contributed by atoms with Crippen molar-refractivity contribution in [2.24, 2.45) is 11.3 Å². The Bertz CT molecular complexity index is 149. The molecule has 0 fully saturated rings. The minimum Gasteiger partial charge on any atom is -0.0654 e. The lowest BCUT2D eigenvalue weighted by Gasteiger charge is -2.41. The minimum absolute atomic E-state index is 0.555. The molecule has 1 unspecified atom stereocenters. The molecule has 0 N–H and O–H groups in total. The zero-order valence-corrected chi connectivity index (χ0v) is 12.5. The Morgan fingerprint density at radius 2 is 1.31 bits per heavy atom. The lowest BCUT2D eigenvalue weighted by molar-refractivity contribution is 0.147. The molecule has 16 heavy (non-hydrogen) atoms. The highest BCUT2D eigenvalue weighted by atomic mass is 14.4. The van der Waals surface area contributed by atoms with Crippen LogP contribution in [0.2, 0.25) is 0 Å². The van der Waals surface area contributed by atoms with Crippen molar-refractivity contribution in [1.82, 2.24) is 0 Å². The van der Waals surface area contributed by atoms with Gasteiger partial charge in [-0.15, -0.1) is 0 Å². The van der Waals surface area contributed by atoms with Gasteiger partial charge in [-0.05, 0) is 42.9 Å². The fourth-order valence-corrected chi connectivity index (χ4v) is 3.63. The first kappa shape index (κ1) is 16.0. The molecule has 0 bridgehead atoms. The predicted octanol–water partition coefficient (Wildman–Crippen LogP) is 6.01. The van der Waals surface area contributed by atoms with E-state index in [0.717, 1.165) is 5.92 Å². The van der Waals surface area contributed by atoms with E-state index in [0.29, 0.717) is 5.41 Å². The Labute approximate surface area is 104 Å². The molecule has 0 aliphatic rings. The summed E-state index contributed by atoms with van der Waals surface area (Å²) in [5.74, 6) is 2.65. The van der Waals surface area contributed by atoms with Crippen LogP contribution in [0.1, 0.15) is 86.5 Å². The lowest BCUT2D eigenvalue weighted by atomic mass is 9.63. The highest BCUT2D eigenvalue weighted by Gasteiger charge is 2.35. The van der Waals surface area contributed by atoms with Crippen LogP contribution in [0.4, 0.5) is 0 Å². The zero-order valence-electron chi connectivity index (χ0n) is 12.5. The van der Waals surface area contributed by atoms with Crippen LogP contribution in [-0.2, 0) is 0 Å². The summed E-state index contributed by atoms with van der Waals surface area (Å²) in [6.45, 7) is 14.2. The van der Waals surface area contributed by atoms with Crippen LogP contribution in [0, 0.1) is 17.3 Å². The van der Waals surface area contributed by atoms with Gasteiger partial charge in [0.05, 0.1) is 0 Å². The van der Waals surface area contributed by atoms with Crippen LogP contribution in [0.3, 0.4) is 0 Å². The van der Waals surface area contributed by atoms with Gasteiger partial charge in [0.2, 0.25) is 0 Å². The summed E-state index contributed by atoms with van der Waals surface area (Å²) in [6, 6.07) is 0. The summed E-state index contributed by atoms with van der Waals surface area (Å²) in [7, 11) is 0. The highest BCUT2D eigenvalue weighted by molar-refractivity contribution is 5.01. The Morgan fingerprint density at radius 1 is 0.875 bits per heavy atom. The summed E-state index contributed by atoms with van der Waals surface area (Å²) >= 11 is 0. The minimum atomic E-state index is 0.555. The molecule has 1 radical (unpaired) electrons. The molecular formula is C16H33. The van der Waals surface area contributed by atoms with Crippen molar-refractivity contribution in [2.45, 2.75) is 86.5 Å². The zero-order chi connectivity index (χ0) is 12.6. The van der Waals surface area contributed by atoms with Gasteiger partial charge in [0, 0.05) is 0 Å². The molecule has 0 amide bonds. The monoisotopic (exact) mass is 225 g/mol. The molecule has 0 aromatic rings. The average molecular weight is 225 g/mol. The topological polar surface area (TPSA) is 0 Å². The molecule has 0 saturated heterocycles. The van der Waals surface area contributed by atoms with Crippen molar-refractivity contribution in [2.75, 3.05) is 0 Å². The van der Waals surface area contributed by atoms with E-state index in [1.807, 2.05) is 0 Å². The Morgan fingerprint density at radius 3 is 1.56 bits per heavy atom. The first-order valence-corrected chi connectivity index (χ1v) is 7.44. The molecule has 97 valence electrons. The van der Waals surface area contributed by atoms with E-state index in [4.69, 9.17) is 0 Å². The standard InChI is InChI=1S/C16H33/c1-7-12-16(6,13-8-2)15(11-5)14(9-3)10-4/h15H,7-13H2,1-6H3. The summed E-state index contributed by atoms with van der Waals surface area (Å²) in [4.78, 5) is 0. The Balaban J connectivity index is 4.80. The van der Waals surface area contributed by atoms with E-state index in [-0.39, 0.29) is 0 Å². The second-order valence-corrected chi connectivity index (χ2v) is 5.48. The van der Waals surface area contributed by atoms with Crippen molar-refractivity contribution in [3.05, 3.63) is 5.92 Å². The molecule has 0 heterocycles. The van der Waals surface area contributed by atoms with Crippen LogP contribution in [0.5, 0.6) is 0 Å². The third kappa shape index (κ3) is 4.11. The highest BCUT2D eigenvalue weighted by Crippen LogP contribution is 2.45. The van der Waals surface area contributed by atoms with E-state index < -0.39 is 0 Å². The van der Waals surface area contributed by atoms with Crippen molar-refractivity contribution < 1.29 is 0 Å². The molecule has 0 saturated carbocycles.